The fraction of sp³-hybridized carbons (Fsp3) is 0.444. The molecule has 0 unspecified atom stereocenters. The Labute approximate surface area is 94.5 Å². The van der Waals surface area contributed by atoms with Crippen LogP contribution in [0.5, 0.6) is 0 Å². The van der Waals surface area contributed by atoms with Crippen LogP contribution in [0.3, 0.4) is 0 Å². The van der Waals surface area contributed by atoms with Gasteiger partial charge in [0.15, 0.2) is 5.65 Å². The Bertz CT molecular complexity index is 545. The smallest absolute Gasteiger partial charge is 0.330 e. The van der Waals surface area contributed by atoms with E-state index in [4.69, 9.17) is 5.73 Å². The van der Waals surface area contributed by atoms with Gasteiger partial charge in [0.2, 0.25) is 0 Å². The number of nitrogens with zero attached hydrogens (tertiary/aromatic N) is 4. The zero-order valence-electron chi connectivity index (χ0n) is 8.99. The van der Waals surface area contributed by atoms with Crippen molar-refractivity contribution in [3.05, 3.63) is 23.4 Å². The van der Waals surface area contributed by atoms with Gasteiger partial charge < -0.3 is 5.73 Å². The second-order valence-electron chi connectivity index (χ2n) is 3.56. The van der Waals surface area contributed by atoms with Gasteiger partial charge in [0, 0.05) is 6.42 Å². The van der Waals surface area contributed by atoms with E-state index in [1.807, 2.05) is 0 Å². The molecule has 2 rings (SSSR count). The Kier molecular flexibility index (Phi) is 2.74. The fourth-order valence-electron chi connectivity index (χ4n) is 1.48. The third-order valence-corrected chi connectivity index (χ3v) is 2.19. The van der Waals surface area contributed by atoms with Gasteiger partial charge in [0.05, 0.1) is 17.6 Å². The molecule has 0 amide bonds. The fourth-order valence-corrected chi connectivity index (χ4v) is 1.48. The summed E-state index contributed by atoms with van der Waals surface area (Å²) in [6, 6.07) is 0. The predicted octanol–water partition coefficient (Wildman–Crippen LogP) is 0.953. The Morgan fingerprint density at radius 3 is 2.65 bits per heavy atom. The summed E-state index contributed by atoms with van der Waals surface area (Å²) < 4.78 is 38.4. The highest BCUT2D eigenvalue weighted by atomic mass is 19.4. The van der Waals surface area contributed by atoms with E-state index in [1.165, 1.54) is 6.20 Å². The van der Waals surface area contributed by atoms with E-state index in [0.29, 0.717) is 24.4 Å². The first-order valence-electron chi connectivity index (χ1n) is 4.92. The lowest BCUT2D eigenvalue weighted by molar-refractivity contribution is -0.144. The summed E-state index contributed by atoms with van der Waals surface area (Å²) in [5, 5.41) is 3.39. The number of alkyl halides is 3. The van der Waals surface area contributed by atoms with Gasteiger partial charge in [-0.15, -0.1) is 5.10 Å². The molecule has 92 valence electrons. The lowest BCUT2D eigenvalue weighted by Crippen LogP contribution is -2.08. The van der Waals surface area contributed by atoms with Crippen molar-refractivity contribution in [2.75, 3.05) is 6.54 Å². The van der Waals surface area contributed by atoms with E-state index < -0.39 is 12.0 Å². The molecule has 5 nitrogen and oxygen atoms in total. The van der Waals surface area contributed by atoms with E-state index in [9.17, 15) is 13.2 Å². The molecular formula is C9H10F3N5. The number of rotatable bonds is 2. The van der Waals surface area contributed by atoms with Gasteiger partial charge in [-0.25, -0.2) is 9.50 Å². The number of hydrogen-bond donors (Lipinski definition) is 1. The van der Waals surface area contributed by atoms with Gasteiger partial charge in [-0.05, 0) is 13.5 Å². The van der Waals surface area contributed by atoms with Gasteiger partial charge in [-0.2, -0.15) is 13.2 Å². The first-order valence-corrected chi connectivity index (χ1v) is 4.92. The molecule has 17 heavy (non-hydrogen) atoms. The Hall–Kier alpha value is -1.70. The van der Waals surface area contributed by atoms with E-state index in [0.717, 1.165) is 4.52 Å². The molecule has 0 saturated carbocycles. The molecule has 0 fully saturated rings. The lowest BCUT2D eigenvalue weighted by Gasteiger charge is -2.00. The third-order valence-electron chi connectivity index (χ3n) is 2.19. The highest BCUT2D eigenvalue weighted by molar-refractivity contribution is 5.42. The van der Waals surface area contributed by atoms with Crippen molar-refractivity contribution in [2.45, 2.75) is 19.5 Å². The maximum Gasteiger partial charge on any atom is 0.453 e. The second-order valence-corrected chi connectivity index (χ2v) is 3.56. The maximum atomic E-state index is 12.4. The Morgan fingerprint density at radius 1 is 1.35 bits per heavy atom. The zero-order valence-corrected chi connectivity index (χ0v) is 8.99. The van der Waals surface area contributed by atoms with Crippen LogP contribution in [-0.4, -0.2) is 26.1 Å². The van der Waals surface area contributed by atoms with Crippen LogP contribution in [0.1, 0.15) is 17.2 Å². The monoisotopic (exact) mass is 245 g/mol. The predicted molar refractivity (Wildman–Crippen MR) is 53.3 cm³/mol. The number of aromatic nitrogens is 4. The summed E-state index contributed by atoms with van der Waals surface area (Å²) in [7, 11) is 0. The van der Waals surface area contributed by atoms with Crippen LogP contribution in [0.15, 0.2) is 6.20 Å². The minimum Gasteiger partial charge on any atom is -0.330 e. The molecule has 0 aliphatic rings. The molecule has 0 bridgehead atoms. The summed E-state index contributed by atoms with van der Waals surface area (Å²) in [5.41, 5.74) is 6.47. The number of hydrogen-bond acceptors (Lipinski definition) is 4. The summed E-state index contributed by atoms with van der Waals surface area (Å²) >= 11 is 0. The number of halogens is 3. The molecule has 0 aliphatic heterocycles. The van der Waals surface area contributed by atoms with Gasteiger partial charge in [0.25, 0.3) is 5.82 Å². The lowest BCUT2D eigenvalue weighted by atomic mass is 10.3. The molecule has 0 atom stereocenters. The first-order chi connectivity index (χ1) is 7.91. The van der Waals surface area contributed by atoms with Gasteiger partial charge >= 0.3 is 6.18 Å². The van der Waals surface area contributed by atoms with Crippen molar-refractivity contribution in [1.29, 1.82) is 0 Å². The van der Waals surface area contributed by atoms with Crippen LogP contribution in [0.4, 0.5) is 13.2 Å². The van der Waals surface area contributed by atoms with Gasteiger partial charge in [-0.1, -0.05) is 0 Å². The number of nitrogens with two attached hydrogens (primary N) is 1. The largest absolute Gasteiger partial charge is 0.453 e. The number of aryl methyl sites for hydroxylation is 1. The van der Waals surface area contributed by atoms with Gasteiger partial charge in [-0.3, -0.25) is 4.98 Å². The van der Waals surface area contributed by atoms with Crippen LogP contribution in [0.2, 0.25) is 0 Å². The maximum absolute atomic E-state index is 12.4. The molecule has 8 heteroatoms. The Morgan fingerprint density at radius 2 is 2.06 bits per heavy atom. The van der Waals surface area contributed by atoms with Crippen molar-refractivity contribution in [3.8, 4) is 0 Å². The summed E-state index contributed by atoms with van der Waals surface area (Å²) in [6.07, 6.45) is -2.65. The standard InChI is InChI=1S/C9H10F3N5/c1-5-7-15-8(9(10,11)12)16-17(7)4-6(14-5)2-3-13/h4H,2-3,13H2,1H3. The summed E-state index contributed by atoms with van der Waals surface area (Å²) in [5.74, 6) is -1.16. The number of fused-ring (bicyclic) bond motifs is 1. The van der Waals surface area contributed by atoms with Crippen LogP contribution in [0.25, 0.3) is 5.65 Å². The molecule has 2 aromatic rings. The van der Waals surface area contributed by atoms with E-state index in [1.54, 1.807) is 6.92 Å². The van der Waals surface area contributed by atoms with E-state index in [-0.39, 0.29) is 5.65 Å². The SMILES string of the molecule is Cc1nc(CCN)cn2nc(C(F)(F)F)nc12. The second kappa shape index (κ2) is 3.95. The molecule has 2 heterocycles. The quantitative estimate of drug-likeness (QED) is 0.855. The molecule has 2 N–H and O–H groups in total. The van der Waals surface area contributed by atoms with Crippen molar-refractivity contribution >= 4 is 5.65 Å². The molecular weight excluding hydrogens is 235 g/mol. The van der Waals surface area contributed by atoms with Gasteiger partial charge in [0.1, 0.15) is 0 Å². The average molecular weight is 245 g/mol. The van der Waals surface area contributed by atoms with Crippen LogP contribution >= 0.6 is 0 Å². The van der Waals surface area contributed by atoms with Crippen LogP contribution < -0.4 is 5.73 Å². The zero-order chi connectivity index (χ0) is 12.6. The summed E-state index contributed by atoms with van der Waals surface area (Å²) in [6.45, 7) is 1.96. The first kappa shape index (κ1) is 11.8. The van der Waals surface area contributed by atoms with E-state index >= 15 is 0 Å². The highest BCUT2D eigenvalue weighted by Gasteiger charge is 2.36. The minimum absolute atomic E-state index is 0.109. The molecule has 0 radical (unpaired) electrons. The minimum atomic E-state index is -4.55. The van der Waals surface area contributed by atoms with Crippen molar-refractivity contribution in [1.82, 2.24) is 19.6 Å². The molecule has 0 spiro atoms. The molecule has 0 aliphatic carbocycles. The molecule has 2 aromatic heterocycles. The Balaban J connectivity index is 2.57. The van der Waals surface area contributed by atoms with Crippen molar-refractivity contribution in [2.24, 2.45) is 5.73 Å². The van der Waals surface area contributed by atoms with Crippen LogP contribution in [0, 0.1) is 6.92 Å². The normalized spacial score (nSPS) is 12.3. The third kappa shape index (κ3) is 2.21. The average Bonchev–Trinajstić information content (AvgIpc) is 2.61. The highest BCUT2D eigenvalue weighted by Crippen LogP contribution is 2.26. The topological polar surface area (TPSA) is 69.1 Å². The molecule has 0 aromatic carbocycles. The van der Waals surface area contributed by atoms with Crippen LogP contribution in [-0.2, 0) is 12.6 Å². The van der Waals surface area contributed by atoms with Crippen molar-refractivity contribution < 1.29 is 13.2 Å². The molecule has 0 saturated heterocycles. The van der Waals surface area contributed by atoms with Crippen molar-refractivity contribution in [3.63, 3.8) is 0 Å². The summed E-state index contributed by atoms with van der Waals surface area (Å²) in [4.78, 5) is 7.53. The van der Waals surface area contributed by atoms with E-state index in [2.05, 4.69) is 15.1 Å².